The molecular formula is CH9NOSi. The average Bonchev–Trinajstić information content (AvgIpc) is 0. The van der Waals surface area contributed by atoms with Crippen molar-refractivity contribution in [2.75, 3.05) is 0 Å². The second-order valence-electron chi connectivity index (χ2n) is 0. The Morgan fingerprint density at radius 3 is 1.00 bits per heavy atom. The Kier molecular flexibility index (Phi) is 415000. The molecule has 0 rings (SSSR count). The van der Waals surface area contributed by atoms with E-state index in [1.807, 2.05) is 0 Å². The van der Waals surface area contributed by atoms with Crippen molar-refractivity contribution >= 4 is 11.0 Å². The van der Waals surface area contributed by atoms with Crippen LogP contribution in [-0.2, 0) is 0 Å². The van der Waals surface area contributed by atoms with Gasteiger partial charge < -0.3 is 11.6 Å². The topological polar surface area (TPSA) is 66.5 Å². The maximum atomic E-state index is 0. The van der Waals surface area contributed by atoms with Crippen LogP contribution in [0.25, 0.3) is 0 Å². The van der Waals surface area contributed by atoms with Gasteiger partial charge in [0.05, 0.1) is 0 Å². The summed E-state index contributed by atoms with van der Waals surface area (Å²) in [7, 11) is 0. The summed E-state index contributed by atoms with van der Waals surface area (Å²) in [6.07, 6.45) is 0. The predicted molar refractivity (Wildman–Crippen MR) is 21.1 cm³/mol. The van der Waals surface area contributed by atoms with Crippen molar-refractivity contribution in [1.29, 1.82) is 0 Å². The highest BCUT2D eigenvalue weighted by molar-refractivity contribution is 5.75. The van der Waals surface area contributed by atoms with Gasteiger partial charge in [0, 0.05) is 11.0 Å². The van der Waals surface area contributed by atoms with E-state index in [9.17, 15) is 0 Å². The molecule has 0 aromatic rings. The molecule has 3 heteroatoms. The molecule has 0 aliphatic rings. The molecule has 0 bridgehead atoms. The minimum Gasteiger partial charge on any atom is -0.412 e. The summed E-state index contributed by atoms with van der Waals surface area (Å²) in [4.78, 5) is 0. The van der Waals surface area contributed by atoms with E-state index >= 15 is 0 Å². The van der Waals surface area contributed by atoms with Crippen molar-refractivity contribution in [2.24, 2.45) is 0 Å². The SMILES string of the molecule is C.N.O.[Si]. The lowest BCUT2D eigenvalue weighted by molar-refractivity contribution is 0.824. The summed E-state index contributed by atoms with van der Waals surface area (Å²) in [5.74, 6) is 0. The van der Waals surface area contributed by atoms with E-state index in [2.05, 4.69) is 0 Å². The Morgan fingerprint density at radius 1 is 1.00 bits per heavy atom. The number of rotatable bonds is 0. The van der Waals surface area contributed by atoms with Gasteiger partial charge in [-0.25, -0.2) is 0 Å². The van der Waals surface area contributed by atoms with Crippen LogP contribution >= 0.6 is 0 Å². The fourth-order valence-electron chi connectivity index (χ4n) is 0. The zero-order valence-electron chi connectivity index (χ0n) is 1.71. The molecule has 0 amide bonds. The van der Waals surface area contributed by atoms with Gasteiger partial charge in [-0.05, 0) is 0 Å². The summed E-state index contributed by atoms with van der Waals surface area (Å²) >= 11 is 0. The van der Waals surface area contributed by atoms with Crippen LogP contribution in [0.3, 0.4) is 0 Å². The molecule has 0 aromatic carbocycles. The van der Waals surface area contributed by atoms with E-state index in [1.165, 1.54) is 0 Å². The lowest BCUT2D eigenvalue weighted by atomic mass is 12.0. The molecule has 4 heavy (non-hydrogen) atoms. The van der Waals surface area contributed by atoms with Crippen molar-refractivity contribution in [2.45, 2.75) is 7.43 Å². The summed E-state index contributed by atoms with van der Waals surface area (Å²) in [5, 5.41) is 0. The Bertz CT molecular complexity index is 8.00. The maximum Gasteiger partial charge on any atom is 0 e. The summed E-state index contributed by atoms with van der Waals surface area (Å²) in [6.45, 7) is 0. The summed E-state index contributed by atoms with van der Waals surface area (Å²) in [5.41, 5.74) is 0. The second kappa shape index (κ2) is 764. The first-order valence-electron chi connectivity index (χ1n) is 0. The zero-order chi connectivity index (χ0) is 0. The highest BCUT2D eigenvalue weighted by Gasteiger charge is 0.0000184. The smallest absolute Gasteiger partial charge is 0 e. The molecule has 0 saturated heterocycles. The lowest BCUT2D eigenvalue weighted by Crippen LogP contribution is -0.481. The molecule has 0 aromatic heterocycles. The Hall–Kier alpha value is 0.137. The first-order valence-corrected chi connectivity index (χ1v) is 0. The third kappa shape index (κ3) is 147. The maximum absolute atomic E-state index is 0. The fourth-order valence-corrected chi connectivity index (χ4v) is 0. The van der Waals surface area contributed by atoms with Crippen LogP contribution in [-0.4, -0.2) is 16.4 Å². The largest absolute Gasteiger partial charge is 0.412 e. The van der Waals surface area contributed by atoms with Crippen molar-refractivity contribution < 1.29 is 5.48 Å². The quantitative estimate of drug-likeness (QED) is 0.394. The van der Waals surface area contributed by atoms with Crippen molar-refractivity contribution in [1.82, 2.24) is 6.15 Å². The van der Waals surface area contributed by atoms with E-state index in [0.29, 0.717) is 0 Å². The molecule has 0 unspecified atom stereocenters. The summed E-state index contributed by atoms with van der Waals surface area (Å²) in [6, 6.07) is 0. The van der Waals surface area contributed by atoms with Crippen LogP contribution in [0.4, 0.5) is 0 Å². The van der Waals surface area contributed by atoms with E-state index in [0.717, 1.165) is 0 Å². The first-order chi connectivity index (χ1) is 0. The molecule has 2 nitrogen and oxygen atoms in total. The van der Waals surface area contributed by atoms with E-state index in [-0.39, 0.29) is 30.0 Å². The van der Waals surface area contributed by atoms with Crippen LogP contribution in [0.5, 0.6) is 0 Å². The van der Waals surface area contributed by atoms with Gasteiger partial charge in [-0.15, -0.1) is 0 Å². The predicted octanol–water partition coefficient (Wildman–Crippen LogP) is -0.407. The zero-order valence-corrected chi connectivity index (χ0v) is 2.71. The van der Waals surface area contributed by atoms with Gasteiger partial charge in [-0.2, -0.15) is 0 Å². The molecule has 0 spiro atoms. The number of hydrogen-bond donors (Lipinski definition) is 1. The Labute approximate surface area is 31.1 Å². The first kappa shape index (κ1) is 2170. The fraction of sp³-hybridized carbons (Fsp3) is 1.00. The van der Waals surface area contributed by atoms with Crippen LogP contribution in [0.2, 0.25) is 0 Å². The van der Waals surface area contributed by atoms with E-state index in [4.69, 9.17) is 0 Å². The van der Waals surface area contributed by atoms with Crippen LogP contribution < -0.4 is 6.15 Å². The van der Waals surface area contributed by atoms with Gasteiger partial charge in [-0.3, -0.25) is 0 Å². The van der Waals surface area contributed by atoms with Gasteiger partial charge >= 0.3 is 0 Å². The Balaban J connectivity index is 0. The normalized spacial score (nSPS) is 0. The van der Waals surface area contributed by atoms with Gasteiger partial charge in [-0.1, -0.05) is 7.43 Å². The monoisotopic (exact) mass is 79.0 g/mol. The van der Waals surface area contributed by atoms with E-state index in [1.54, 1.807) is 0 Å². The average molecular weight is 79.2 g/mol. The number of hydrogen-bond acceptors (Lipinski definition) is 1. The summed E-state index contributed by atoms with van der Waals surface area (Å²) < 4.78 is 0. The lowest BCUT2D eigenvalue weighted by Gasteiger charge is -0.412. The molecule has 4 radical (unpaired) electrons. The minimum absolute atomic E-state index is 0. The molecule has 28 valence electrons. The molecule has 0 aliphatic heterocycles. The molecule has 0 aliphatic carbocycles. The molecule has 0 heterocycles. The van der Waals surface area contributed by atoms with Gasteiger partial charge in [0.1, 0.15) is 0 Å². The third-order valence-electron chi connectivity index (χ3n) is 0. The van der Waals surface area contributed by atoms with Crippen LogP contribution in [0.1, 0.15) is 7.43 Å². The Morgan fingerprint density at radius 2 is 1.00 bits per heavy atom. The molecule has 5 N–H and O–H groups in total. The minimum atomic E-state index is 0. The van der Waals surface area contributed by atoms with Gasteiger partial charge in [0.15, 0.2) is 0 Å². The third-order valence-corrected chi connectivity index (χ3v) is 0. The molecule has 0 saturated carbocycles. The van der Waals surface area contributed by atoms with Crippen molar-refractivity contribution in [3.8, 4) is 0 Å². The van der Waals surface area contributed by atoms with Crippen LogP contribution in [0.15, 0.2) is 0 Å². The highest BCUT2D eigenvalue weighted by atomic mass is 28.1. The van der Waals surface area contributed by atoms with Gasteiger partial charge in [0.25, 0.3) is 0 Å². The van der Waals surface area contributed by atoms with Crippen molar-refractivity contribution in [3.05, 3.63) is 0 Å². The molecule has 0 atom stereocenters. The highest BCUT2D eigenvalue weighted by Crippen LogP contribution is 0.144. The second-order valence-corrected chi connectivity index (χ2v) is 0. The van der Waals surface area contributed by atoms with E-state index < -0.39 is 0 Å². The van der Waals surface area contributed by atoms with Crippen molar-refractivity contribution in [3.63, 3.8) is 0 Å². The standard InChI is InChI=1S/CH4.H3N.H2O.Si/h1H4;1H3;1H2;. The van der Waals surface area contributed by atoms with Crippen LogP contribution in [0, 0.1) is 0 Å². The van der Waals surface area contributed by atoms with Gasteiger partial charge in [0.2, 0.25) is 0 Å². The molecular weight excluding hydrogens is 70.1 g/mol. The molecule has 0 fully saturated rings.